The van der Waals surface area contributed by atoms with E-state index < -0.39 is 5.82 Å². The van der Waals surface area contributed by atoms with Crippen LogP contribution in [0, 0.1) is 12.7 Å². The smallest absolute Gasteiger partial charge is 0.223 e. The van der Waals surface area contributed by atoms with Crippen LogP contribution in [0.1, 0.15) is 30.6 Å². The van der Waals surface area contributed by atoms with Crippen LogP contribution < -0.4 is 10.5 Å². The Morgan fingerprint density at radius 2 is 2.25 bits per heavy atom. The van der Waals surface area contributed by atoms with Crippen molar-refractivity contribution in [2.75, 3.05) is 0 Å². The van der Waals surface area contributed by atoms with Crippen LogP contribution in [0.5, 0.6) is 5.75 Å². The second kappa shape index (κ2) is 6.47. The summed E-state index contributed by atoms with van der Waals surface area (Å²) in [6, 6.07) is 4.91. The zero-order valence-electron chi connectivity index (χ0n) is 11.6. The number of halogens is 1. The van der Waals surface area contributed by atoms with Crippen LogP contribution in [-0.2, 0) is 13.0 Å². The fraction of sp³-hybridized carbons (Fsp3) is 0.429. The summed E-state index contributed by atoms with van der Waals surface area (Å²) < 4.78 is 24.0. The van der Waals surface area contributed by atoms with Gasteiger partial charge >= 0.3 is 0 Å². The van der Waals surface area contributed by atoms with Gasteiger partial charge in [-0.15, -0.1) is 0 Å². The van der Waals surface area contributed by atoms with Gasteiger partial charge in [0.25, 0.3) is 0 Å². The number of hydrogen-bond donors (Lipinski definition) is 1. The fourth-order valence-corrected chi connectivity index (χ4v) is 1.78. The standard InChI is InChI=1S/C14H18FN3O2/c1-3-11(16)6-10-4-5-13(12(15)7-10)19-8-14-17-9(2)20-18-14/h4-5,7,11H,3,6,8,16H2,1-2H3. The quantitative estimate of drug-likeness (QED) is 0.878. The van der Waals surface area contributed by atoms with E-state index in [2.05, 4.69) is 10.1 Å². The lowest BCUT2D eigenvalue weighted by atomic mass is 10.0. The highest BCUT2D eigenvalue weighted by molar-refractivity contribution is 5.29. The van der Waals surface area contributed by atoms with Crippen LogP contribution in [0.3, 0.4) is 0 Å². The molecule has 6 heteroatoms. The molecule has 1 heterocycles. The molecule has 0 amide bonds. The van der Waals surface area contributed by atoms with Crippen LogP contribution in [0.4, 0.5) is 4.39 Å². The summed E-state index contributed by atoms with van der Waals surface area (Å²) in [5.74, 6) is 0.597. The number of aryl methyl sites for hydroxylation is 1. The molecule has 0 aliphatic carbocycles. The maximum Gasteiger partial charge on any atom is 0.223 e. The van der Waals surface area contributed by atoms with E-state index in [0.29, 0.717) is 18.1 Å². The molecule has 1 unspecified atom stereocenters. The normalized spacial score (nSPS) is 12.4. The molecule has 108 valence electrons. The summed E-state index contributed by atoms with van der Waals surface area (Å²) in [6.07, 6.45) is 1.51. The third-order valence-corrected chi connectivity index (χ3v) is 2.94. The first-order valence-electron chi connectivity index (χ1n) is 6.54. The molecule has 2 N–H and O–H groups in total. The summed E-state index contributed by atoms with van der Waals surface area (Å²) in [5, 5.41) is 3.68. The largest absolute Gasteiger partial charge is 0.482 e. The molecule has 2 aromatic rings. The van der Waals surface area contributed by atoms with Gasteiger partial charge in [-0.3, -0.25) is 0 Å². The number of aromatic nitrogens is 2. The van der Waals surface area contributed by atoms with Crippen LogP contribution in [0.2, 0.25) is 0 Å². The first-order valence-corrected chi connectivity index (χ1v) is 6.54. The van der Waals surface area contributed by atoms with E-state index >= 15 is 0 Å². The predicted molar refractivity (Wildman–Crippen MR) is 71.7 cm³/mol. The molecule has 0 aliphatic rings. The molecule has 1 aromatic carbocycles. The number of hydrogen-bond acceptors (Lipinski definition) is 5. The Hall–Kier alpha value is -1.95. The molecule has 20 heavy (non-hydrogen) atoms. The van der Waals surface area contributed by atoms with Crippen molar-refractivity contribution in [1.82, 2.24) is 10.1 Å². The van der Waals surface area contributed by atoms with Gasteiger partial charge in [-0.1, -0.05) is 18.1 Å². The first-order chi connectivity index (χ1) is 9.58. The minimum atomic E-state index is -0.411. The van der Waals surface area contributed by atoms with E-state index in [4.69, 9.17) is 15.0 Å². The Kier molecular flexibility index (Phi) is 4.68. The predicted octanol–water partition coefficient (Wildman–Crippen LogP) is 2.38. The average molecular weight is 279 g/mol. The van der Waals surface area contributed by atoms with Crippen LogP contribution in [0.15, 0.2) is 22.7 Å². The van der Waals surface area contributed by atoms with Crippen molar-refractivity contribution in [2.45, 2.75) is 39.3 Å². The molecule has 1 atom stereocenters. The third-order valence-electron chi connectivity index (χ3n) is 2.94. The first kappa shape index (κ1) is 14.5. The van der Waals surface area contributed by atoms with E-state index in [-0.39, 0.29) is 18.4 Å². The fourth-order valence-electron chi connectivity index (χ4n) is 1.78. The van der Waals surface area contributed by atoms with Crippen LogP contribution >= 0.6 is 0 Å². The topological polar surface area (TPSA) is 74.2 Å². The van der Waals surface area contributed by atoms with Crippen molar-refractivity contribution >= 4 is 0 Å². The van der Waals surface area contributed by atoms with Crippen molar-refractivity contribution < 1.29 is 13.7 Å². The van der Waals surface area contributed by atoms with Gasteiger partial charge in [0.2, 0.25) is 11.7 Å². The molecule has 0 saturated carbocycles. The Labute approximate surface area is 116 Å². The number of ether oxygens (including phenoxy) is 1. The van der Waals surface area contributed by atoms with Gasteiger partial charge in [-0.05, 0) is 30.5 Å². The molecule has 2 rings (SSSR count). The molecule has 1 aromatic heterocycles. The zero-order chi connectivity index (χ0) is 14.5. The summed E-state index contributed by atoms with van der Waals surface area (Å²) in [4.78, 5) is 3.98. The molecule has 0 radical (unpaired) electrons. The highest BCUT2D eigenvalue weighted by Crippen LogP contribution is 2.20. The van der Waals surface area contributed by atoms with Crippen molar-refractivity contribution in [3.8, 4) is 5.75 Å². The minimum Gasteiger partial charge on any atom is -0.482 e. The third kappa shape index (κ3) is 3.77. The van der Waals surface area contributed by atoms with E-state index in [9.17, 15) is 4.39 Å². The number of benzene rings is 1. The molecule has 0 aliphatic heterocycles. The van der Waals surface area contributed by atoms with E-state index in [0.717, 1.165) is 12.0 Å². The van der Waals surface area contributed by atoms with Crippen molar-refractivity contribution in [3.63, 3.8) is 0 Å². The van der Waals surface area contributed by atoms with Crippen LogP contribution in [0.25, 0.3) is 0 Å². The molecular weight excluding hydrogens is 261 g/mol. The Morgan fingerprint density at radius 1 is 1.45 bits per heavy atom. The van der Waals surface area contributed by atoms with E-state index in [1.54, 1.807) is 13.0 Å². The van der Waals surface area contributed by atoms with Crippen LogP contribution in [-0.4, -0.2) is 16.2 Å². The van der Waals surface area contributed by atoms with Gasteiger partial charge in [0.05, 0.1) is 0 Å². The van der Waals surface area contributed by atoms with Gasteiger partial charge in [-0.2, -0.15) is 4.98 Å². The van der Waals surface area contributed by atoms with E-state index in [1.165, 1.54) is 6.07 Å². The van der Waals surface area contributed by atoms with Gasteiger partial charge in [-0.25, -0.2) is 4.39 Å². The molecule has 0 saturated heterocycles. The van der Waals surface area contributed by atoms with Gasteiger partial charge in [0.15, 0.2) is 18.2 Å². The van der Waals surface area contributed by atoms with E-state index in [1.807, 2.05) is 13.0 Å². The molecule has 0 fully saturated rings. The summed E-state index contributed by atoms with van der Waals surface area (Å²) in [7, 11) is 0. The van der Waals surface area contributed by atoms with Crippen molar-refractivity contribution in [2.24, 2.45) is 5.73 Å². The minimum absolute atomic E-state index is 0.0449. The number of rotatable bonds is 6. The van der Waals surface area contributed by atoms with Gasteiger partial charge in [0.1, 0.15) is 0 Å². The highest BCUT2D eigenvalue weighted by Gasteiger charge is 2.09. The molecule has 0 spiro atoms. The monoisotopic (exact) mass is 279 g/mol. The lowest BCUT2D eigenvalue weighted by Crippen LogP contribution is -2.21. The maximum absolute atomic E-state index is 13.9. The summed E-state index contributed by atoms with van der Waals surface area (Å²) in [5.41, 5.74) is 6.71. The molecule has 0 bridgehead atoms. The summed E-state index contributed by atoms with van der Waals surface area (Å²) in [6.45, 7) is 3.76. The Balaban J connectivity index is 1.98. The Bertz CT molecular complexity index is 571. The average Bonchev–Trinajstić information content (AvgIpc) is 2.83. The maximum atomic E-state index is 13.9. The second-order valence-electron chi connectivity index (χ2n) is 4.66. The van der Waals surface area contributed by atoms with Crippen molar-refractivity contribution in [1.29, 1.82) is 0 Å². The number of nitrogens with zero attached hydrogens (tertiary/aromatic N) is 2. The number of nitrogens with two attached hydrogens (primary N) is 1. The Morgan fingerprint density at radius 3 is 2.85 bits per heavy atom. The lowest BCUT2D eigenvalue weighted by molar-refractivity contribution is 0.272. The second-order valence-corrected chi connectivity index (χ2v) is 4.66. The molecule has 5 nitrogen and oxygen atoms in total. The lowest BCUT2D eigenvalue weighted by Gasteiger charge is -2.10. The highest BCUT2D eigenvalue weighted by atomic mass is 19.1. The zero-order valence-corrected chi connectivity index (χ0v) is 11.6. The van der Waals surface area contributed by atoms with Crippen molar-refractivity contribution in [3.05, 3.63) is 41.3 Å². The molecular formula is C14H18FN3O2. The van der Waals surface area contributed by atoms with Gasteiger partial charge in [0, 0.05) is 13.0 Å². The van der Waals surface area contributed by atoms with Gasteiger partial charge < -0.3 is 15.0 Å². The summed E-state index contributed by atoms with van der Waals surface area (Å²) >= 11 is 0. The SMILES string of the molecule is CCC(N)Cc1ccc(OCc2noc(C)n2)c(F)c1.